The van der Waals surface area contributed by atoms with Gasteiger partial charge in [-0.2, -0.15) is 5.10 Å². The highest BCUT2D eigenvalue weighted by Crippen LogP contribution is 2.27. The molecule has 1 aliphatic heterocycles. The molecule has 0 aliphatic carbocycles. The van der Waals surface area contributed by atoms with Crippen molar-refractivity contribution in [3.63, 3.8) is 0 Å². The SMILES string of the molecule is CCCNc1nc(SC(C)C)nc2c1cnn2CCNC(=O)C1CC(=O)N(c2ccc(F)cc2)C1. The van der Waals surface area contributed by atoms with Crippen LogP contribution in [0, 0.1) is 11.7 Å². The lowest BCUT2D eigenvalue weighted by atomic mass is 10.1. The van der Waals surface area contributed by atoms with Crippen molar-refractivity contribution in [3.8, 4) is 0 Å². The van der Waals surface area contributed by atoms with Gasteiger partial charge in [0, 0.05) is 37.0 Å². The molecule has 1 atom stereocenters. The molecule has 4 rings (SSSR count). The number of nitrogens with one attached hydrogen (secondary N) is 2. The van der Waals surface area contributed by atoms with E-state index in [1.807, 2.05) is 0 Å². The maximum Gasteiger partial charge on any atom is 0.227 e. The maximum absolute atomic E-state index is 13.2. The van der Waals surface area contributed by atoms with Crippen molar-refractivity contribution in [2.45, 2.75) is 50.6 Å². The van der Waals surface area contributed by atoms with E-state index in [-0.39, 0.29) is 30.6 Å². The second-order valence-electron chi connectivity index (χ2n) is 8.73. The molecule has 2 N–H and O–H groups in total. The molecule has 9 nitrogen and oxygen atoms in total. The Balaban J connectivity index is 1.40. The predicted octanol–water partition coefficient (Wildman–Crippen LogP) is 3.46. The number of amides is 2. The summed E-state index contributed by atoms with van der Waals surface area (Å²) in [6, 6.07) is 5.71. The molecule has 3 aromatic rings. The van der Waals surface area contributed by atoms with Crippen LogP contribution in [0.25, 0.3) is 11.0 Å². The summed E-state index contributed by atoms with van der Waals surface area (Å²) in [5, 5.41) is 12.6. The highest BCUT2D eigenvalue weighted by Gasteiger charge is 2.35. The van der Waals surface area contributed by atoms with Crippen LogP contribution < -0.4 is 15.5 Å². The summed E-state index contributed by atoms with van der Waals surface area (Å²) in [5.41, 5.74) is 1.31. The largest absolute Gasteiger partial charge is 0.369 e. The molecule has 2 amide bonds. The fourth-order valence-electron chi connectivity index (χ4n) is 3.92. The molecule has 1 saturated heterocycles. The lowest BCUT2D eigenvalue weighted by Gasteiger charge is -2.16. The number of anilines is 2. The van der Waals surface area contributed by atoms with E-state index >= 15 is 0 Å². The van der Waals surface area contributed by atoms with Crippen LogP contribution in [-0.2, 0) is 16.1 Å². The van der Waals surface area contributed by atoms with Crippen LogP contribution in [0.1, 0.15) is 33.6 Å². The Kier molecular flexibility index (Phi) is 7.84. The first-order valence-electron chi connectivity index (χ1n) is 11.8. The Hall–Kier alpha value is -3.21. The number of nitrogens with zero attached hydrogens (tertiary/aromatic N) is 5. The van der Waals surface area contributed by atoms with E-state index in [1.54, 1.807) is 34.8 Å². The zero-order valence-electron chi connectivity index (χ0n) is 20.1. The van der Waals surface area contributed by atoms with Crippen molar-refractivity contribution in [2.24, 2.45) is 5.92 Å². The average molecular weight is 500 g/mol. The Bertz CT molecular complexity index is 1200. The van der Waals surface area contributed by atoms with Crippen LogP contribution in [0.2, 0.25) is 0 Å². The van der Waals surface area contributed by atoms with Crippen LogP contribution in [-0.4, -0.2) is 56.4 Å². The van der Waals surface area contributed by atoms with Gasteiger partial charge in [-0.1, -0.05) is 32.5 Å². The number of hydrogen-bond donors (Lipinski definition) is 2. The van der Waals surface area contributed by atoms with Crippen molar-refractivity contribution in [1.29, 1.82) is 0 Å². The van der Waals surface area contributed by atoms with Gasteiger partial charge in [0.2, 0.25) is 11.8 Å². The van der Waals surface area contributed by atoms with E-state index in [0.717, 1.165) is 29.8 Å². The molecule has 2 aromatic heterocycles. The van der Waals surface area contributed by atoms with Gasteiger partial charge in [0.05, 0.1) is 24.0 Å². The smallest absolute Gasteiger partial charge is 0.227 e. The van der Waals surface area contributed by atoms with Gasteiger partial charge in [0.15, 0.2) is 10.8 Å². The molecule has 0 bridgehead atoms. The van der Waals surface area contributed by atoms with E-state index in [0.29, 0.717) is 29.2 Å². The summed E-state index contributed by atoms with van der Waals surface area (Å²) in [6.07, 6.45) is 2.85. The summed E-state index contributed by atoms with van der Waals surface area (Å²) in [5.74, 6) is -0.387. The van der Waals surface area contributed by atoms with Crippen LogP contribution in [0.3, 0.4) is 0 Å². The van der Waals surface area contributed by atoms with Crippen LogP contribution in [0.15, 0.2) is 35.6 Å². The number of carbonyl (C=O) groups is 2. The molecule has 3 heterocycles. The van der Waals surface area contributed by atoms with E-state index in [4.69, 9.17) is 4.98 Å². The quantitative estimate of drug-likeness (QED) is 0.325. The minimum atomic E-state index is -0.455. The topological polar surface area (TPSA) is 105 Å². The number of thioether (sulfide) groups is 1. The first-order chi connectivity index (χ1) is 16.9. The Morgan fingerprint density at radius 3 is 2.71 bits per heavy atom. The lowest BCUT2D eigenvalue weighted by molar-refractivity contribution is -0.126. The number of benzene rings is 1. The van der Waals surface area contributed by atoms with Crippen molar-refractivity contribution in [2.75, 3.05) is 29.9 Å². The first-order valence-corrected chi connectivity index (χ1v) is 12.7. The van der Waals surface area contributed by atoms with E-state index < -0.39 is 5.92 Å². The predicted molar refractivity (Wildman–Crippen MR) is 135 cm³/mol. The van der Waals surface area contributed by atoms with E-state index in [9.17, 15) is 14.0 Å². The lowest BCUT2D eigenvalue weighted by Crippen LogP contribution is -2.35. The van der Waals surface area contributed by atoms with Gasteiger partial charge in [-0.15, -0.1) is 0 Å². The highest BCUT2D eigenvalue weighted by atomic mass is 32.2. The van der Waals surface area contributed by atoms with Gasteiger partial charge in [-0.3, -0.25) is 9.59 Å². The third-order valence-electron chi connectivity index (χ3n) is 5.62. The molecule has 186 valence electrons. The first kappa shape index (κ1) is 24.9. The van der Waals surface area contributed by atoms with Crippen molar-refractivity contribution in [1.82, 2.24) is 25.1 Å². The summed E-state index contributed by atoms with van der Waals surface area (Å²) in [4.78, 5) is 36.0. The molecular formula is C24H30FN7O2S. The van der Waals surface area contributed by atoms with Crippen molar-refractivity contribution in [3.05, 3.63) is 36.3 Å². The number of halogens is 1. The zero-order valence-corrected chi connectivity index (χ0v) is 20.9. The minimum absolute atomic E-state index is 0.128. The van der Waals surface area contributed by atoms with Crippen LogP contribution in [0.5, 0.6) is 0 Å². The third kappa shape index (κ3) is 5.90. The molecule has 0 saturated carbocycles. The number of hydrogen-bond acceptors (Lipinski definition) is 7. The van der Waals surface area contributed by atoms with Crippen molar-refractivity contribution >= 4 is 46.1 Å². The number of carbonyl (C=O) groups excluding carboxylic acids is 2. The molecular weight excluding hydrogens is 469 g/mol. The second kappa shape index (κ2) is 11.0. The molecule has 1 aromatic carbocycles. The zero-order chi connectivity index (χ0) is 24.9. The van der Waals surface area contributed by atoms with Gasteiger partial charge in [0.25, 0.3) is 0 Å². The molecule has 0 spiro atoms. The standard InChI is InChI=1S/C24H30FN7O2S/c1-4-9-26-21-19-13-28-32(22(19)30-24(29-21)35-15(2)3)11-10-27-23(34)16-12-20(33)31(14-16)18-7-5-17(25)6-8-18/h5-8,13,15-16H,4,9-12,14H2,1-3H3,(H,27,34)(H,26,29,30). The Morgan fingerprint density at radius 2 is 2.00 bits per heavy atom. The second-order valence-corrected chi connectivity index (χ2v) is 10.3. The Morgan fingerprint density at radius 1 is 1.23 bits per heavy atom. The van der Waals surface area contributed by atoms with Gasteiger partial charge in [-0.25, -0.2) is 19.0 Å². The summed E-state index contributed by atoms with van der Waals surface area (Å²) < 4.78 is 15.0. The fourth-order valence-corrected chi connectivity index (χ4v) is 4.63. The normalized spacial score (nSPS) is 15.9. The highest BCUT2D eigenvalue weighted by molar-refractivity contribution is 7.99. The number of aromatic nitrogens is 4. The monoisotopic (exact) mass is 499 g/mol. The molecule has 1 fully saturated rings. The molecule has 0 radical (unpaired) electrons. The molecule has 1 unspecified atom stereocenters. The van der Waals surface area contributed by atoms with Crippen LogP contribution in [0.4, 0.5) is 15.9 Å². The maximum atomic E-state index is 13.2. The molecule has 11 heteroatoms. The average Bonchev–Trinajstić information content (AvgIpc) is 3.41. The Labute approximate surface area is 207 Å². The van der Waals surface area contributed by atoms with E-state index in [1.165, 1.54) is 17.0 Å². The van der Waals surface area contributed by atoms with Gasteiger partial charge in [0.1, 0.15) is 11.6 Å². The van der Waals surface area contributed by atoms with E-state index in [2.05, 4.69) is 41.5 Å². The molecule has 35 heavy (non-hydrogen) atoms. The minimum Gasteiger partial charge on any atom is -0.369 e. The van der Waals surface area contributed by atoms with Gasteiger partial charge < -0.3 is 15.5 Å². The third-order valence-corrected chi connectivity index (χ3v) is 6.48. The molecule has 1 aliphatic rings. The number of rotatable bonds is 10. The van der Waals surface area contributed by atoms with Gasteiger partial charge >= 0.3 is 0 Å². The summed E-state index contributed by atoms with van der Waals surface area (Å²) in [6.45, 7) is 8.14. The fraction of sp³-hybridized carbons (Fsp3) is 0.458. The van der Waals surface area contributed by atoms with Crippen LogP contribution >= 0.6 is 11.8 Å². The number of fused-ring (bicyclic) bond motifs is 1. The summed E-state index contributed by atoms with van der Waals surface area (Å²) >= 11 is 1.59. The summed E-state index contributed by atoms with van der Waals surface area (Å²) in [7, 11) is 0. The van der Waals surface area contributed by atoms with Crippen molar-refractivity contribution < 1.29 is 14.0 Å². The van der Waals surface area contributed by atoms with Gasteiger partial charge in [-0.05, 0) is 30.7 Å².